The maximum atomic E-state index is 9.41. The zero-order valence-corrected chi connectivity index (χ0v) is 12.4. The first-order valence-electron chi connectivity index (χ1n) is 7.51. The van der Waals surface area contributed by atoms with Crippen LogP contribution in [0.15, 0.2) is 12.5 Å². The van der Waals surface area contributed by atoms with Crippen molar-refractivity contribution in [2.45, 2.75) is 25.3 Å². The Morgan fingerprint density at radius 1 is 1.38 bits per heavy atom. The molecule has 0 spiro atoms. The maximum absolute atomic E-state index is 9.41. The Kier molecular flexibility index (Phi) is 4.31. The molecule has 0 aliphatic carbocycles. The number of nitrogens with one attached hydrogen (secondary N) is 1. The van der Waals surface area contributed by atoms with Crippen LogP contribution < -0.4 is 5.32 Å². The first-order chi connectivity index (χ1) is 10.3. The summed E-state index contributed by atoms with van der Waals surface area (Å²) in [6, 6.07) is 0.307. The van der Waals surface area contributed by atoms with Crippen LogP contribution in [0.5, 0.6) is 0 Å². The number of anilines is 1. The molecule has 0 bridgehead atoms. The van der Waals surface area contributed by atoms with Crippen LogP contribution in [0, 0.1) is 0 Å². The predicted molar refractivity (Wildman–Crippen MR) is 81.1 cm³/mol. The maximum Gasteiger partial charge on any atom is 0.224 e. The number of hydrogen-bond acceptors (Lipinski definition) is 6. The van der Waals surface area contributed by atoms with Gasteiger partial charge in [0.25, 0.3) is 0 Å². The van der Waals surface area contributed by atoms with E-state index < -0.39 is 0 Å². The first-order valence-corrected chi connectivity index (χ1v) is 7.51. The van der Waals surface area contributed by atoms with E-state index in [1.807, 2.05) is 11.6 Å². The molecule has 0 radical (unpaired) electrons. The highest BCUT2D eigenvalue weighted by atomic mass is 16.3. The zero-order chi connectivity index (χ0) is 14.7. The number of hydrogen-bond donors (Lipinski definition) is 2. The lowest BCUT2D eigenvalue weighted by Crippen LogP contribution is -2.44. The lowest BCUT2D eigenvalue weighted by atomic mass is 10.0. The van der Waals surface area contributed by atoms with Gasteiger partial charge in [0.15, 0.2) is 5.65 Å². The number of piperidine rings is 1. The van der Waals surface area contributed by atoms with E-state index >= 15 is 0 Å². The molecule has 0 aromatic carbocycles. The molecule has 0 saturated carbocycles. The van der Waals surface area contributed by atoms with E-state index in [0.29, 0.717) is 12.0 Å². The first kappa shape index (κ1) is 14.2. The smallest absolute Gasteiger partial charge is 0.224 e. The molecule has 1 unspecified atom stereocenters. The molecule has 1 fully saturated rings. The zero-order valence-electron chi connectivity index (χ0n) is 12.4. The van der Waals surface area contributed by atoms with Crippen LogP contribution in [-0.4, -0.2) is 61.8 Å². The van der Waals surface area contributed by atoms with Gasteiger partial charge in [0.2, 0.25) is 5.95 Å². The van der Waals surface area contributed by atoms with Gasteiger partial charge in [-0.15, -0.1) is 0 Å². The Bertz CT molecular complexity index is 598. The van der Waals surface area contributed by atoms with E-state index in [1.165, 1.54) is 12.8 Å². The molecule has 2 aromatic rings. The number of aliphatic hydroxyl groups is 1. The van der Waals surface area contributed by atoms with Crippen molar-refractivity contribution in [1.82, 2.24) is 24.4 Å². The third-order valence-corrected chi connectivity index (χ3v) is 4.10. The fourth-order valence-corrected chi connectivity index (χ4v) is 2.88. The van der Waals surface area contributed by atoms with Crippen LogP contribution in [-0.2, 0) is 7.05 Å². The fourth-order valence-electron chi connectivity index (χ4n) is 2.88. The number of fused-ring (bicyclic) bond motifs is 1. The molecular weight excluding hydrogens is 268 g/mol. The van der Waals surface area contributed by atoms with Gasteiger partial charge in [-0.1, -0.05) is 6.42 Å². The number of rotatable bonds is 5. The second-order valence-electron chi connectivity index (χ2n) is 5.55. The van der Waals surface area contributed by atoms with Crippen LogP contribution in [0.4, 0.5) is 5.95 Å². The van der Waals surface area contributed by atoms with Gasteiger partial charge >= 0.3 is 0 Å². The molecule has 1 atom stereocenters. The van der Waals surface area contributed by atoms with Crippen molar-refractivity contribution in [2.75, 3.05) is 31.6 Å². The summed E-state index contributed by atoms with van der Waals surface area (Å²) in [5.41, 5.74) is 1.64. The SMILES string of the molecule is Cn1cnc2cnc(NCCN3CCCCC3CO)nc21. The minimum atomic E-state index is 0.247. The van der Waals surface area contributed by atoms with Crippen LogP contribution >= 0.6 is 0 Å². The van der Waals surface area contributed by atoms with E-state index in [4.69, 9.17) is 0 Å². The topological polar surface area (TPSA) is 79.1 Å². The van der Waals surface area contributed by atoms with Gasteiger partial charge in [0, 0.05) is 26.2 Å². The summed E-state index contributed by atoms with van der Waals surface area (Å²) in [5, 5.41) is 12.7. The Hall–Kier alpha value is -1.73. The van der Waals surface area contributed by atoms with Crippen LogP contribution in [0.3, 0.4) is 0 Å². The van der Waals surface area contributed by atoms with Gasteiger partial charge in [-0.2, -0.15) is 4.98 Å². The second kappa shape index (κ2) is 6.36. The molecule has 7 heteroatoms. The molecule has 1 aliphatic rings. The molecule has 114 valence electrons. The quantitative estimate of drug-likeness (QED) is 0.840. The van der Waals surface area contributed by atoms with Crippen molar-refractivity contribution < 1.29 is 5.11 Å². The van der Waals surface area contributed by atoms with E-state index in [0.717, 1.165) is 37.2 Å². The van der Waals surface area contributed by atoms with E-state index in [1.54, 1.807) is 12.5 Å². The highest BCUT2D eigenvalue weighted by molar-refractivity contribution is 5.70. The lowest BCUT2D eigenvalue weighted by Gasteiger charge is -2.34. The number of nitrogens with zero attached hydrogens (tertiary/aromatic N) is 5. The van der Waals surface area contributed by atoms with Gasteiger partial charge in [-0.05, 0) is 19.4 Å². The van der Waals surface area contributed by atoms with Crippen LogP contribution in [0.1, 0.15) is 19.3 Å². The number of aromatic nitrogens is 4. The number of imidazole rings is 1. The van der Waals surface area contributed by atoms with Crippen molar-refractivity contribution in [1.29, 1.82) is 0 Å². The van der Waals surface area contributed by atoms with Gasteiger partial charge in [0.1, 0.15) is 5.52 Å². The Morgan fingerprint density at radius 2 is 2.29 bits per heavy atom. The molecule has 3 heterocycles. The predicted octanol–water partition coefficient (Wildman–Crippen LogP) is 0.622. The summed E-state index contributed by atoms with van der Waals surface area (Å²) in [6.45, 7) is 2.99. The molecule has 2 N–H and O–H groups in total. The van der Waals surface area contributed by atoms with Crippen molar-refractivity contribution in [2.24, 2.45) is 7.05 Å². The summed E-state index contributed by atoms with van der Waals surface area (Å²) in [5.74, 6) is 0.628. The highest BCUT2D eigenvalue weighted by Crippen LogP contribution is 2.16. The summed E-state index contributed by atoms with van der Waals surface area (Å²) in [4.78, 5) is 15.3. The molecule has 21 heavy (non-hydrogen) atoms. The average Bonchev–Trinajstić information content (AvgIpc) is 2.89. The lowest BCUT2D eigenvalue weighted by molar-refractivity contribution is 0.0940. The summed E-state index contributed by atoms with van der Waals surface area (Å²) < 4.78 is 1.88. The van der Waals surface area contributed by atoms with E-state index in [-0.39, 0.29) is 6.61 Å². The molecule has 7 nitrogen and oxygen atoms in total. The molecule has 0 amide bonds. The number of aryl methyl sites for hydroxylation is 1. The third kappa shape index (κ3) is 3.14. The minimum absolute atomic E-state index is 0.247. The largest absolute Gasteiger partial charge is 0.395 e. The van der Waals surface area contributed by atoms with Crippen molar-refractivity contribution >= 4 is 17.1 Å². The third-order valence-electron chi connectivity index (χ3n) is 4.10. The van der Waals surface area contributed by atoms with E-state index in [9.17, 15) is 5.11 Å². The standard InChI is InChI=1S/C14H22N6O/c1-19-10-17-12-8-16-14(18-13(12)19)15-5-7-20-6-3-2-4-11(20)9-21/h8,10-11,21H,2-7,9H2,1H3,(H,15,16,18). The van der Waals surface area contributed by atoms with Crippen molar-refractivity contribution in [3.05, 3.63) is 12.5 Å². The molecule has 3 rings (SSSR count). The highest BCUT2D eigenvalue weighted by Gasteiger charge is 2.20. The molecular formula is C14H22N6O. The van der Waals surface area contributed by atoms with Crippen molar-refractivity contribution in [3.8, 4) is 0 Å². The van der Waals surface area contributed by atoms with Crippen molar-refractivity contribution in [3.63, 3.8) is 0 Å². The number of likely N-dealkylation sites (tertiary alicyclic amines) is 1. The Labute approximate surface area is 124 Å². The molecule has 1 aliphatic heterocycles. The number of aliphatic hydroxyl groups excluding tert-OH is 1. The summed E-state index contributed by atoms with van der Waals surface area (Å²) in [6.07, 6.45) is 7.00. The van der Waals surface area contributed by atoms with E-state index in [2.05, 4.69) is 25.2 Å². The monoisotopic (exact) mass is 290 g/mol. The van der Waals surface area contributed by atoms with Gasteiger partial charge in [-0.25, -0.2) is 9.97 Å². The van der Waals surface area contributed by atoms with Crippen LogP contribution in [0.25, 0.3) is 11.2 Å². The normalized spacial score (nSPS) is 20.0. The second-order valence-corrected chi connectivity index (χ2v) is 5.55. The molecule has 1 saturated heterocycles. The average molecular weight is 290 g/mol. The van der Waals surface area contributed by atoms with Crippen LogP contribution in [0.2, 0.25) is 0 Å². The minimum Gasteiger partial charge on any atom is -0.395 e. The Morgan fingerprint density at radius 3 is 3.14 bits per heavy atom. The fraction of sp³-hybridized carbons (Fsp3) is 0.643. The summed E-state index contributed by atoms with van der Waals surface area (Å²) >= 11 is 0. The molecule has 2 aromatic heterocycles. The Balaban J connectivity index is 1.57. The van der Waals surface area contributed by atoms with Gasteiger partial charge in [-0.3, -0.25) is 4.90 Å². The summed E-state index contributed by atoms with van der Waals surface area (Å²) in [7, 11) is 1.92. The van der Waals surface area contributed by atoms with Gasteiger partial charge < -0.3 is 15.0 Å². The van der Waals surface area contributed by atoms with Gasteiger partial charge in [0.05, 0.1) is 19.1 Å².